The van der Waals surface area contributed by atoms with Crippen LogP contribution in [-0.2, 0) is 24.6 Å². The van der Waals surface area contributed by atoms with Gasteiger partial charge in [-0.05, 0) is 18.1 Å². The zero-order valence-corrected chi connectivity index (χ0v) is 18.0. The minimum atomic E-state index is -0.706. The molecule has 1 saturated heterocycles. The number of pyridine rings is 1. The number of benzene rings is 1. The normalized spacial score (nSPS) is 19.9. The van der Waals surface area contributed by atoms with Gasteiger partial charge in [0.1, 0.15) is 11.4 Å². The van der Waals surface area contributed by atoms with Crippen molar-refractivity contribution in [3.05, 3.63) is 65.4 Å². The van der Waals surface area contributed by atoms with Gasteiger partial charge in [0.05, 0.1) is 43.1 Å². The number of hydrogen-bond donors (Lipinski definition) is 2. The Bertz CT molecular complexity index is 1130. The quantitative estimate of drug-likeness (QED) is 0.636. The number of amides is 1. The van der Waals surface area contributed by atoms with Crippen LogP contribution >= 0.6 is 0 Å². The lowest BCUT2D eigenvalue weighted by atomic mass is 10.0. The van der Waals surface area contributed by atoms with E-state index >= 15 is 0 Å². The van der Waals surface area contributed by atoms with Gasteiger partial charge >= 0.3 is 0 Å². The molecule has 5 rings (SSSR count). The first-order chi connectivity index (χ1) is 15.6. The highest BCUT2D eigenvalue weighted by molar-refractivity contribution is 5.93. The molecule has 2 N–H and O–H groups in total. The maximum atomic E-state index is 12.9. The van der Waals surface area contributed by atoms with Crippen LogP contribution in [0.15, 0.2) is 42.9 Å². The molecule has 8 nitrogen and oxygen atoms in total. The SMILES string of the molecule is Cn1cnc(-c2ccc(Cc3cc(C(=O)N[C@H]4CCOC[C@@H]4O)nc4c3OCC4)cc2)c1. The Morgan fingerprint density at radius 2 is 2.12 bits per heavy atom. The maximum Gasteiger partial charge on any atom is 0.270 e. The number of nitrogens with zero attached hydrogens (tertiary/aromatic N) is 3. The molecule has 2 aliphatic heterocycles. The summed E-state index contributed by atoms with van der Waals surface area (Å²) in [5.41, 5.74) is 5.20. The lowest BCUT2D eigenvalue weighted by molar-refractivity contribution is -0.0261. The Labute approximate surface area is 186 Å². The predicted molar refractivity (Wildman–Crippen MR) is 118 cm³/mol. The molecule has 3 aromatic rings. The van der Waals surface area contributed by atoms with Crippen molar-refractivity contribution in [3.63, 3.8) is 0 Å². The summed E-state index contributed by atoms with van der Waals surface area (Å²) < 4.78 is 13.0. The lowest BCUT2D eigenvalue weighted by Crippen LogP contribution is -2.48. The largest absolute Gasteiger partial charge is 0.491 e. The fraction of sp³-hybridized carbons (Fsp3) is 0.375. The molecular formula is C24H26N4O4. The first-order valence-electron chi connectivity index (χ1n) is 10.9. The maximum absolute atomic E-state index is 12.9. The van der Waals surface area contributed by atoms with Crippen LogP contribution in [0.3, 0.4) is 0 Å². The Morgan fingerprint density at radius 3 is 2.88 bits per heavy atom. The van der Waals surface area contributed by atoms with Crippen molar-refractivity contribution in [2.24, 2.45) is 7.05 Å². The smallest absolute Gasteiger partial charge is 0.270 e. The minimum Gasteiger partial charge on any atom is -0.491 e. The topological polar surface area (TPSA) is 98.5 Å². The Hall–Kier alpha value is -3.23. The number of carbonyl (C=O) groups is 1. The molecule has 1 aromatic carbocycles. The summed E-state index contributed by atoms with van der Waals surface area (Å²) >= 11 is 0. The van der Waals surface area contributed by atoms with Crippen LogP contribution in [0.4, 0.5) is 0 Å². The van der Waals surface area contributed by atoms with Gasteiger partial charge in [0.15, 0.2) is 0 Å². The highest BCUT2D eigenvalue weighted by Crippen LogP contribution is 2.31. The second-order valence-corrected chi connectivity index (χ2v) is 8.35. The third kappa shape index (κ3) is 4.24. The van der Waals surface area contributed by atoms with Crippen LogP contribution in [0.2, 0.25) is 0 Å². The highest BCUT2D eigenvalue weighted by Gasteiger charge is 2.27. The van der Waals surface area contributed by atoms with E-state index in [2.05, 4.69) is 39.6 Å². The number of rotatable bonds is 5. The lowest BCUT2D eigenvalue weighted by Gasteiger charge is -2.28. The molecule has 4 heterocycles. The summed E-state index contributed by atoms with van der Waals surface area (Å²) in [7, 11) is 1.95. The monoisotopic (exact) mass is 434 g/mol. The van der Waals surface area contributed by atoms with Gasteiger partial charge in [-0.1, -0.05) is 24.3 Å². The van der Waals surface area contributed by atoms with Crippen LogP contribution < -0.4 is 10.1 Å². The molecule has 0 aliphatic carbocycles. The van der Waals surface area contributed by atoms with Gasteiger partial charge in [0.25, 0.3) is 5.91 Å². The van der Waals surface area contributed by atoms with Crippen molar-refractivity contribution < 1.29 is 19.4 Å². The average molecular weight is 434 g/mol. The Balaban J connectivity index is 1.36. The van der Waals surface area contributed by atoms with Gasteiger partial charge in [-0.3, -0.25) is 4.79 Å². The van der Waals surface area contributed by atoms with Crippen molar-refractivity contribution in [2.45, 2.75) is 31.4 Å². The molecule has 0 saturated carbocycles. The van der Waals surface area contributed by atoms with Crippen molar-refractivity contribution in [3.8, 4) is 17.0 Å². The van der Waals surface area contributed by atoms with E-state index in [1.807, 2.05) is 17.8 Å². The zero-order valence-electron chi connectivity index (χ0n) is 18.0. The fourth-order valence-electron chi connectivity index (χ4n) is 4.20. The minimum absolute atomic E-state index is 0.232. The van der Waals surface area contributed by atoms with Crippen LogP contribution in [0.1, 0.15) is 33.7 Å². The van der Waals surface area contributed by atoms with Gasteiger partial charge < -0.3 is 24.5 Å². The van der Waals surface area contributed by atoms with E-state index in [9.17, 15) is 9.90 Å². The molecule has 2 aromatic heterocycles. The van der Waals surface area contributed by atoms with E-state index in [1.165, 1.54) is 0 Å². The molecule has 1 amide bonds. The summed E-state index contributed by atoms with van der Waals surface area (Å²) in [4.78, 5) is 21.8. The summed E-state index contributed by atoms with van der Waals surface area (Å²) in [5, 5.41) is 13.0. The number of aryl methyl sites for hydroxylation is 1. The third-order valence-corrected chi connectivity index (χ3v) is 5.93. The van der Waals surface area contributed by atoms with Crippen LogP contribution in [0.25, 0.3) is 11.3 Å². The number of ether oxygens (including phenoxy) is 2. The van der Waals surface area contributed by atoms with Gasteiger partial charge in [-0.15, -0.1) is 0 Å². The van der Waals surface area contributed by atoms with Crippen molar-refractivity contribution in [1.29, 1.82) is 0 Å². The highest BCUT2D eigenvalue weighted by atomic mass is 16.5. The molecule has 8 heteroatoms. The predicted octanol–water partition coefficient (Wildman–Crippen LogP) is 1.89. The van der Waals surface area contributed by atoms with Crippen LogP contribution in [-0.4, -0.2) is 57.5 Å². The second kappa shape index (κ2) is 8.72. The molecule has 0 radical (unpaired) electrons. The second-order valence-electron chi connectivity index (χ2n) is 8.35. The third-order valence-electron chi connectivity index (χ3n) is 5.93. The number of nitrogens with one attached hydrogen (secondary N) is 1. The van der Waals surface area contributed by atoms with Crippen molar-refractivity contribution in [2.75, 3.05) is 19.8 Å². The van der Waals surface area contributed by atoms with Gasteiger partial charge in [0.2, 0.25) is 0 Å². The van der Waals surface area contributed by atoms with Gasteiger partial charge in [-0.2, -0.15) is 0 Å². The molecule has 2 atom stereocenters. The number of aromatic nitrogens is 3. The van der Waals surface area contributed by atoms with E-state index in [1.54, 1.807) is 12.4 Å². The number of carbonyl (C=O) groups excluding carboxylic acids is 1. The summed E-state index contributed by atoms with van der Waals surface area (Å²) in [6.45, 7) is 1.32. The molecular weight excluding hydrogens is 408 g/mol. The Kier molecular flexibility index (Phi) is 5.63. The molecule has 1 fully saturated rings. The summed E-state index contributed by atoms with van der Waals surface area (Å²) in [6, 6.07) is 9.73. The summed E-state index contributed by atoms with van der Waals surface area (Å²) in [5.74, 6) is 0.499. The number of aliphatic hydroxyl groups excluding tert-OH is 1. The molecule has 0 bridgehead atoms. The van der Waals surface area contributed by atoms with Gasteiger partial charge in [0, 0.05) is 43.8 Å². The number of imidazole rings is 1. The number of fused-ring (bicyclic) bond motifs is 1. The van der Waals surface area contributed by atoms with Gasteiger partial charge in [-0.25, -0.2) is 9.97 Å². The fourth-order valence-corrected chi connectivity index (χ4v) is 4.20. The van der Waals surface area contributed by atoms with Crippen molar-refractivity contribution in [1.82, 2.24) is 19.9 Å². The molecule has 2 aliphatic rings. The zero-order chi connectivity index (χ0) is 22.1. The van der Waals surface area contributed by atoms with E-state index in [0.717, 1.165) is 33.8 Å². The number of aliphatic hydroxyl groups is 1. The standard InChI is InChI=1S/C24H26N4O4/c1-28-12-21(25-14-28)16-4-2-15(3-5-16)10-17-11-20(26-19-7-9-32-23(17)19)24(30)27-18-6-8-31-13-22(18)29/h2-5,11-12,14,18,22,29H,6-10,13H2,1H3,(H,27,30)/t18-,22-/m0/s1. The molecule has 0 spiro atoms. The molecule has 32 heavy (non-hydrogen) atoms. The van der Waals surface area contributed by atoms with E-state index in [-0.39, 0.29) is 18.6 Å². The van der Waals surface area contributed by atoms with Crippen molar-refractivity contribution >= 4 is 5.91 Å². The summed E-state index contributed by atoms with van der Waals surface area (Å²) in [6.07, 6.45) is 4.96. The number of hydrogen-bond acceptors (Lipinski definition) is 6. The van der Waals surface area contributed by atoms with E-state index < -0.39 is 6.10 Å². The average Bonchev–Trinajstić information content (AvgIpc) is 3.45. The Morgan fingerprint density at radius 1 is 1.28 bits per heavy atom. The molecule has 166 valence electrons. The first kappa shape index (κ1) is 20.7. The first-order valence-corrected chi connectivity index (χ1v) is 10.9. The van der Waals surface area contributed by atoms with Crippen LogP contribution in [0.5, 0.6) is 5.75 Å². The van der Waals surface area contributed by atoms with Crippen LogP contribution in [0, 0.1) is 0 Å². The molecule has 0 unspecified atom stereocenters. The van der Waals surface area contributed by atoms with E-state index in [4.69, 9.17) is 9.47 Å². The van der Waals surface area contributed by atoms with E-state index in [0.29, 0.717) is 38.2 Å².